The van der Waals surface area contributed by atoms with Crippen LogP contribution in [0.4, 0.5) is 16.4 Å². The number of amides is 2. The Morgan fingerprint density at radius 1 is 0.982 bits per heavy atom. The fraction of sp³-hybridized carbons (Fsp3) is 0.500. The molecule has 55 heavy (non-hydrogen) atoms. The molecule has 3 heterocycles. The van der Waals surface area contributed by atoms with Crippen molar-refractivity contribution >= 4 is 34.9 Å². The summed E-state index contributed by atoms with van der Waals surface area (Å²) >= 11 is 0. The van der Waals surface area contributed by atoms with Gasteiger partial charge in [-0.15, -0.1) is 10.2 Å². The Labute approximate surface area is 325 Å². The average Bonchev–Trinajstić information content (AvgIpc) is 3.58. The van der Waals surface area contributed by atoms with E-state index in [9.17, 15) is 4.79 Å². The van der Waals surface area contributed by atoms with Gasteiger partial charge in [-0.05, 0) is 86.9 Å². The number of nitrogens with zero attached hydrogens (tertiary/aromatic N) is 6. The van der Waals surface area contributed by atoms with Crippen LogP contribution < -0.4 is 25.0 Å². The Hall–Kier alpha value is -5.01. The molecule has 1 aliphatic heterocycles. The molecular weight excluding hydrogens is 695 g/mol. The molecule has 2 aromatic heterocycles. The lowest BCUT2D eigenvalue weighted by Crippen LogP contribution is -2.43. The van der Waals surface area contributed by atoms with Gasteiger partial charge in [0.25, 0.3) is 0 Å². The van der Waals surface area contributed by atoms with Crippen LogP contribution >= 0.6 is 0 Å². The van der Waals surface area contributed by atoms with Crippen LogP contribution in [-0.2, 0) is 4.74 Å². The molecule has 0 bridgehead atoms. The Balaban J connectivity index is 1.14. The van der Waals surface area contributed by atoms with Crippen LogP contribution in [-0.4, -0.2) is 90.1 Å². The number of amidine groups is 1. The fourth-order valence-corrected chi connectivity index (χ4v) is 7.05. The van der Waals surface area contributed by atoms with Crippen molar-refractivity contribution in [1.29, 1.82) is 5.41 Å². The standard InChI is InChI=1S/C42H57N9O4/c1-29-12-9-10-21-50(29)41-48-47-39-20-17-32(28-51(39)41)55-36-19-18-35(33-15-7-8-16-34(33)36)45-40(52)46-38(27-37(43)42(2,3)4)44-30-13-11-14-31(26-30)54-25-23-49(5)22-24-53-6/h7-8,11,13-17,20,26,28-29,35-36,43H,9-10,12,18-19,21-25,27H2,1-6H3,(H2,44,45,46,52). The van der Waals surface area contributed by atoms with Gasteiger partial charge in [-0.1, -0.05) is 51.1 Å². The minimum absolute atomic E-state index is 0.187. The zero-order valence-corrected chi connectivity index (χ0v) is 33.2. The number of anilines is 1. The van der Waals surface area contributed by atoms with E-state index >= 15 is 0 Å². The first-order valence-corrected chi connectivity index (χ1v) is 19.5. The molecule has 13 heteroatoms. The van der Waals surface area contributed by atoms with Crippen molar-refractivity contribution in [2.24, 2.45) is 10.4 Å². The van der Waals surface area contributed by atoms with Gasteiger partial charge in [0.2, 0.25) is 5.95 Å². The van der Waals surface area contributed by atoms with Crippen LogP contribution in [0.25, 0.3) is 5.65 Å². The first kappa shape index (κ1) is 39.7. The number of aromatic nitrogens is 3. The van der Waals surface area contributed by atoms with Gasteiger partial charge >= 0.3 is 6.03 Å². The molecule has 3 atom stereocenters. The quantitative estimate of drug-likeness (QED) is 0.0889. The molecule has 2 aromatic carbocycles. The smallest absolute Gasteiger partial charge is 0.320 e. The highest BCUT2D eigenvalue weighted by Gasteiger charge is 2.30. The number of hydrogen-bond acceptors (Lipinski definition) is 10. The second kappa shape index (κ2) is 18.1. The molecule has 3 N–H and O–H groups in total. The van der Waals surface area contributed by atoms with Crippen LogP contribution in [0.3, 0.4) is 0 Å². The zero-order chi connectivity index (χ0) is 39.0. The van der Waals surface area contributed by atoms with E-state index in [0.29, 0.717) is 55.1 Å². The third-order valence-corrected chi connectivity index (χ3v) is 10.4. The number of fused-ring (bicyclic) bond motifs is 2. The van der Waals surface area contributed by atoms with E-state index in [1.165, 1.54) is 6.42 Å². The molecule has 1 aliphatic carbocycles. The molecule has 294 valence electrons. The van der Waals surface area contributed by atoms with Crippen molar-refractivity contribution < 1.29 is 19.0 Å². The van der Waals surface area contributed by atoms with Crippen LogP contribution in [0.2, 0.25) is 0 Å². The number of rotatable bonds is 14. The number of hydrogen-bond donors (Lipinski definition) is 3. The largest absolute Gasteiger partial charge is 0.492 e. The summed E-state index contributed by atoms with van der Waals surface area (Å²) in [5.74, 6) is 2.67. The van der Waals surface area contributed by atoms with Crippen LogP contribution in [0, 0.1) is 10.8 Å². The molecular formula is C42H57N9O4. The molecule has 1 saturated heterocycles. The summed E-state index contributed by atoms with van der Waals surface area (Å²) in [6, 6.07) is 19.3. The normalized spacial score (nSPS) is 18.9. The van der Waals surface area contributed by atoms with E-state index in [-0.39, 0.29) is 30.0 Å². The first-order valence-electron chi connectivity index (χ1n) is 19.5. The predicted molar refractivity (Wildman–Crippen MR) is 217 cm³/mol. The summed E-state index contributed by atoms with van der Waals surface area (Å²) in [6.07, 6.45) is 6.92. The summed E-state index contributed by atoms with van der Waals surface area (Å²) in [5, 5.41) is 23.9. The van der Waals surface area contributed by atoms with Crippen LogP contribution in [0.15, 0.2) is 71.9 Å². The van der Waals surface area contributed by atoms with Gasteiger partial charge in [-0.3, -0.25) is 9.72 Å². The zero-order valence-electron chi connectivity index (χ0n) is 33.2. The minimum Gasteiger partial charge on any atom is -0.492 e. The molecule has 2 aliphatic rings. The number of aliphatic imine (C=N–C) groups is 1. The first-order chi connectivity index (χ1) is 26.5. The van der Waals surface area contributed by atoms with Gasteiger partial charge in [0, 0.05) is 51.0 Å². The predicted octanol–water partition coefficient (Wildman–Crippen LogP) is 7.51. The lowest BCUT2D eigenvalue weighted by Gasteiger charge is -2.33. The Morgan fingerprint density at radius 3 is 2.56 bits per heavy atom. The number of benzene rings is 2. The number of carbonyl (C=O) groups excluding carboxylic acids is 1. The van der Waals surface area contributed by atoms with Gasteiger partial charge in [-0.25, -0.2) is 9.79 Å². The summed E-state index contributed by atoms with van der Waals surface area (Å²) in [7, 11) is 3.72. The van der Waals surface area contributed by atoms with E-state index in [1.807, 2.05) is 86.9 Å². The molecule has 0 radical (unpaired) electrons. The van der Waals surface area contributed by atoms with E-state index in [4.69, 9.17) is 24.6 Å². The van der Waals surface area contributed by atoms with Crippen molar-refractivity contribution in [3.8, 4) is 11.5 Å². The molecule has 6 rings (SSSR count). The second-order valence-electron chi connectivity index (χ2n) is 15.7. The summed E-state index contributed by atoms with van der Waals surface area (Å²) in [4.78, 5) is 23.0. The lowest BCUT2D eigenvalue weighted by atomic mass is 9.85. The van der Waals surface area contributed by atoms with Gasteiger partial charge in [0.15, 0.2) is 5.65 Å². The molecule has 0 saturated carbocycles. The summed E-state index contributed by atoms with van der Waals surface area (Å²) in [5.41, 5.74) is 3.55. The van der Waals surface area contributed by atoms with Crippen molar-refractivity contribution in [2.45, 2.75) is 84.4 Å². The third-order valence-electron chi connectivity index (χ3n) is 10.4. The number of carbonyl (C=O) groups is 1. The third kappa shape index (κ3) is 10.4. The SMILES string of the molecule is COCCN(C)CCOc1cccc(N=C(CC(=N)C(C)(C)C)NC(=O)NC2CCC(Oc3ccc4nnc(N5CCCCC5C)n4c3)c3ccccc32)c1. The highest BCUT2D eigenvalue weighted by Crippen LogP contribution is 2.39. The monoisotopic (exact) mass is 751 g/mol. The molecule has 1 fully saturated rings. The number of ether oxygens (including phenoxy) is 3. The maximum Gasteiger partial charge on any atom is 0.320 e. The van der Waals surface area contributed by atoms with Gasteiger partial charge in [-0.2, -0.15) is 0 Å². The maximum atomic E-state index is 13.7. The average molecular weight is 752 g/mol. The van der Waals surface area contributed by atoms with Crippen molar-refractivity contribution in [3.05, 3.63) is 78.0 Å². The van der Waals surface area contributed by atoms with Gasteiger partial charge in [0.1, 0.15) is 30.0 Å². The minimum atomic E-state index is -0.386. The lowest BCUT2D eigenvalue weighted by molar-refractivity contribution is 0.150. The van der Waals surface area contributed by atoms with Crippen molar-refractivity contribution in [3.63, 3.8) is 0 Å². The van der Waals surface area contributed by atoms with Gasteiger partial charge in [0.05, 0.1) is 24.5 Å². The second-order valence-corrected chi connectivity index (χ2v) is 15.7. The molecule has 3 unspecified atom stereocenters. The maximum absolute atomic E-state index is 13.7. The summed E-state index contributed by atoms with van der Waals surface area (Å²) in [6.45, 7) is 11.9. The Kier molecular flexibility index (Phi) is 13.0. The highest BCUT2D eigenvalue weighted by molar-refractivity contribution is 6.09. The van der Waals surface area contributed by atoms with E-state index in [2.05, 4.69) is 49.7 Å². The summed E-state index contributed by atoms with van der Waals surface area (Å²) < 4.78 is 19.9. The van der Waals surface area contributed by atoms with Crippen molar-refractivity contribution in [1.82, 2.24) is 30.1 Å². The van der Waals surface area contributed by atoms with Gasteiger partial charge < -0.3 is 34.7 Å². The number of methoxy groups -OCH3 is 1. The molecule has 0 spiro atoms. The number of urea groups is 1. The molecule has 2 amide bonds. The van der Waals surface area contributed by atoms with Crippen LogP contribution in [0.1, 0.15) is 89.5 Å². The number of piperidine rings is 1. The molecule has 13 nitrogen and oxygen atoms in total. The fourth-order valence-electron chi connectivity index (χ4n) is 7.05. The highest BCUT2D eigenvalue weighted by atomic mass is 16.5. The topological polar surface area (TPSA) is 142 Å². The van der Waals surface area contributed by atoms with Crippen LogP contribution in [0.5, 0.6) is 11.5 Å². The Bertz CT molecular complexity index is 1950. The van der Waals surface area contributed by atoms with E-state index < -0.39 is 0 Å². The number of nitrogens with one attached hydrogen (secondary N) is 3. The van der Waals surface area contributed by atoms with E-state index in [0.717, 1.165) is 60.9 Å². The number of pyridine rings is 1. The van der Waals surface area contributed by atoms with E-state index in [1.54, 1.807) is 7.11 Å². The number of likely N-dealkylation sites (N-methyl/N-ethyl adjacent to an activating group) is 1. The van der Waals surface area contributed by atoms with Crippen molar-refractivity contribution in [2.75, 3.05) is 51.9 Å². The Morgan fingerprint density at radius 2 is 1.78 bits per heavy atom. The molecule has 4 aromatic rings.